The number of hydrogen-bond acceptors (Lipinski definition) is 3. The van der Waals surface area contributed by atoms with Gasteiger partial charge in [-0.05, 0) is 23.3 Å². The molecule has 2 aromatic heterocycles. The Morgan fingerprint density at radius 2 is 2.09 bits per heavy atom. The Morgan fingerprint density at radius 1 is 1.27 bits per heavy atom. The van der Waals surface area contributed by atoms with Gasteiger partial charge in [-0.25, -0.2) is 9.86 Å². The van der Waals surface area contributed by atoms with Gasteiger partial charge >= 0.3 is 6.03 Å². The van der Waals surface area contributed by atoms with Gasteiger partial charge < -0.3 is 10.3 Å². The van der Waals surface area contributed by atoms with E-state index in [1.54, 1.807) is 6.20 Å². The van der Waals surface area contributed by atoms with Crippen molar-refractivity contribution in [2.24, 2.45) is 5.73 Å². The van der Waals surface area contributed by atoms with E-state index in [0.29, 0.717) is 11.6 Å². The van der Waals surface area contributed by atoms with Crippen molar-refractivity contribution in [1.29, 1.82) is 0 Å². The van der Waals surface area contributed by atoms with Gasteiger partial charge in [-0.1, -0.05) is 24.3 Å². The van der Waals surface area contributed by atoms with Gasteiger partial charge in [0.1, 0.15) is 0 Å². The molecule has 0 atom stereocenters. The van der Waals surface area contributed by atoms with Crippen LogP contribution in [0.2, 0.25) is 0 Å². The van der Waals surface area contributed by atoms with Crippen LogP contribution in [0.15, 0.2) is 55.0 Å². The molecule has 0 radical (unpaired) electrons. The smallest absolute Gasteiger partial charge is 0.338 e. The van der Waals surface area contributed by atoms with Crippen molar-refractivity contribution >= 4 is 16.9 Å². The summed E-state index contributed by atoms with van der Waals surface area (Å²) in [6.45, 7) is 0.715. The van der Waals surface area contributed by atoms with Gasteiger partial charge in [-0.2, -0.15) is 0 Å². The molecule has 0 spiro atoms. The fourth-order valence-corrected chi connectivity index (χ4v) is 2.51. The van der Waals surface area contributed by atoms with Gasteiger partial charge in [0.05, 0.1) is 6.54 Å². The third kappa shape index (κ3) is 2.77. The third-order valence-corrected chi connectivity index (χ3v) is 3.52. The topological polar surface area (TPSA) is 84.4 Å². The van der Waals surface area contributed by atoms with Crippen molar-refractivity contribution in [2.45, 2.75) is 13.1 Å². The number of primary amides is 1. The lowest BCUT2D eigenvalue weighted by atomic mass is 10.2. The van der Waals surface area contributed by atoms with Crippen LogP contribution in [0.4, 0.5) is 4.79 Å². The molecule has 22 heavy (non-hydrogen) atoms. The molecule has 1 aromatic carbocycles. The molecule has 0 bridgehead atoms. The minimum Gasteiger partial charge on any atom is -0.350 e. The van der Waals surface area contributed by atoms with E-state index in [0.717, 1.165) is 22.0 Å². The number of pyridine rings is 1. The average molecular weight is 296 g/mol. The summed E-state index contributed by atoms with van der Waals surface area (Å²) in [7, 11) is 0. The van der Waals surface area contributed by atoms with Crippen molar-refractivity contribution in [1.82, 2.24) is 14.6 Å². The van der Waals surface area contributed by atoms with Crippen LogP contribution in [0.1, 0.15) is 11.1 Å². The molecule has 0 aliphatic rings. The number of hydrogen-bond donors (Lipinski definition) is 2. The summed E-state index contributed by atoms with van der Waals surface area (Å²) < 4.78 is 2.07. The van der Waals surface area contributed by atoms with Gasteiger partial charge in [0.15, 0.2) is 0 Å². The Bertz CT molecular complexity index is 798. The molecule has 0 unspecified atom stereocenters. The van der Waals surface area contributed by atoms with E-state index in [-0.39, 0.29) is 6.54 Å². The number of nitrogens with two attached hydrogens (primary N) is 1. The van der Waals surface area contributed by atoms with Crippen LogP contribution in [-0.4, -0.2) is 25.9 Å². The number of para-hydroxylation sites is 1. The number of rotatable bonds is 4. The molecule has 0 aliphatic carbocycles. The van der Waals surface area contributed by atoms with Crippen LogP contribution in [-0.2, 0) is 13.1 Å². The SMILES string of the molecule is NC(=O)N(O)Cc1cn(Cc2cccnc2)c2ccccc12. The molecule has 2 heterocycles. The summed E-state index contributed by atoms with van der Waals surface area (Å²) in [5, 5.41) is 11.1. The van der Waals surface area contributed by atoms with Gasteiger partial charge in [-0.3, -0.25) is 10.2 Å². The molecule has 0 saturated carbocycles. The lowest BCUT2D eigenvalue weighted by molar-refractivity contribution is -0.0467. The Labute approximate surface area is 127 Å². The maximum absolute atomic E-state index is 11.0. The van der Waals surface area contributed by atoms with Crippen molar-refractivity contribution in [3.05, 3.63) is 66.1 Å². The van der Waals surface area contributed by atoms with E-state index in [2.05, 4.69) is 9.55 Å². The molecule has 3 N–H and O–H groups in total. The summed E-state index contributed by atoms with van der Waals surface area (Å²) >= 11 is 0. The number of urea groups is 1. The van der Waals surface area contributed by atoms with Crippen molar-refractivity contribution in [3.63, 3.8) is 0 Å². The molecule has 112 valence electrons. The number of nitrogens with zero attached hydrogens (tertiary/aromatic N) is 3. The lowest BCUT2D eigenvalue weighted by Crippen LogP contribution is -2.31. The first-order valence-corrected chi connectivity index (χ1v) is 6.86. The first-order chi connectivity index (χ1) is 10.6. The highest BCUT2D eigenvalue weighted by atomic mass is 16.5. The van der Waals surface area contributed by atoms with E-state index >= 15 is 0 Å². The molecular formula is C16H16N4O2. The van der Waals surface area contributed by atoms with E-state index in [1.807, 2.05) is 48.8 Å². The molecule has 6 heteroatoms. The van der Waals surface area contributed by atoms with E-state index in [9.17, 15) is 10.0 Å². The van der Waals surface area contributed by atoms with Crippen molar-refractivity contribution < 1.29 is 10.0 Å². The number of amides is 2. The van der Waals surface area contributed by atoms with Gasteiger partial charge in [0.25, 0.3) is 0 Å². The maximum atomic E-state index is 11.0. The predicted molar refractivity (Wildman–Crippen MR) is 82.2 cm³/mol. The first-order valence-electron chi connectivity index (χ1n) is 6.86. The molecule has 2 amide bonds. The number of hydroxylamine groups is 2. The number of aromatic nitrogens is 2. The normalized spacial score (nSPS) is 10.8. The summed E-state index contributed by atoms with van der Waals surface area (Å²) in [5.41, 5.74) is 8.02. The second-order valence-electron chi connectivity index (χ2n) is 5.06. The van der Waals surface area contributed by atoms with Crippen LogP contribution >= 0.6 is 0 Å². The minimum absolute atomic E-state index is 0.0515. The van der Waals surface area contributed by atoms with E-state index in [1.165, 1.54) is 0 Å². The monoisotopic (exact) mass is 296 g/mol. The highest BCUT2D eigenvalue weighted by Crippen LogP contribution is 2.23. The van der Waals surface area contributed by atoms with Crippen molar-refractivity contribution in [2.75, 3.05) is 0 Å². The Morgan fingerprint density at radius 3 is 2.82 bits per heavy atom. The Hall–Kier alpha value is -2.86. The number of carbonyl (C=O) groups excluding carboxylic acids is 1. The van der Waals surface area contributed by atoms with E-state index < -0.39 is 6.03 Å². The quantitative estimate of drug-likeness (QED) is 0.572. The summed E-state index contributed by atoms with van der Waals surface area (Å²) in [6.07, 6.45) is 5.47. The molecule has 0 aliphatic heterocycles. The Balaban J connectivity index is 1.99. The van der Waals surface area contributed by atoms with Gasteiger partial charge in [-0.15, -0.1) is 0 Å². The fourth-order valence-electron chi connectivity index (χ4n) is 2.51. The summed E-state index contributed by atoms with van der Waals surface area (Å²) in [4.78, 5) is 15.1. The molecule has 3 rings (SSSR count). The minimum atomic E-state index is -0.871. The van der Waals surface area contributed by atoms with Crippen LogP contribution in [0, 0.1) is 0 Å². The highest BCUT2D eigenvalue weighted by molar-refractivity contribution is 5.84. The zero-order valence-corrected chi connectivity index (χ0v) is 11.9. The standard InChI is InChI=1S/C16H16N4O2/c17-16(21)20(22)11-13-10-19(9-12-4-3-7-18-8-12)15-6-2-1-5-14(13)15/h1-8,10,22H,9,11H2,(H2,17,21). The van der Waals surface area contributed by atoms with Gasteiger partial charge in [0, 0.05) is 36.0 Å². The zero-order valence-electron chi connectivity index (χ0n) is 11.9. The number of fused-ring (bicyclic) bond motifs is 1. The lowest BCUT2D eigenvalue weighted by Gasteiger charge is -2.10. The average Bonchev–Trinajstić information content (AvgIpc) is 2.86. The maximum Gasteiger partial charge on any atom is 0.338 e. The second kappa shape index (κ2) is 5.87. The van der Waals surface area contributed by atoms with Crippen molar-refractivity contribution in [3.8, 4) is 0 Å². The molecular weight excluding hydrogens is 280 g/mol. The fraction of sp³-hybridized carbons (Fsp3) is 0.125. The Kier molecular flexibility index (Phi) is 3.76. The first kappa shape index (κ1) is 14.1. The molecule has 0 saturated heterocycles. The van der Waals surface area contributed by atoms with Crippen LogP contribution in [0.3, 0.4) is 0 Å². The van der Waals surface area contributed by atoms with Crippen LogP contribution in [0.5, 0.6) is 0 Å². The molecule has 3 aromatic rings. The third-order valence-electron chi connectivity index (χ3n) is 3.52. The van der Waals surface area contributed by atoms with Crippen LogP contribution < -0.4 is 5.73 Å². The van der Waals surface area contributed by atoms with Gasteiger partial charge in [0.2, 0.25) is 0 Å². The molecule has 6 nitrogen and oxygen atoms in total. The largest absolute Gasteiger partial charge is 0.350 e. The molecule has 0 fully saturated rings. The highest BCUT2D eigenvalue weighted by Gasteiger charge is 2.13. The number of benzene rings is 1. The summed E-state index contributed by atoms with van der Waals surface area (Å²) in [6, 6.07) is 10.9. The second-order valence-corrected chi connectivity index (χ2v) is 5.06. The predicted octanol–water partition coefficient (Wildman–Crippen LogP) is 2.35. The summed E-state index contributed by atoms with van der Waals surface area (Å²) in [5.74, 6) is 0. The van der Waals surface area contributed by atoms with Crippen LogP contribution in [0.25, 0.3) is 10.9 Å². The number of carbonyl (C=O) groups is 1. The van der Waals surface area contributed by atoms with E-state index in [4.69, 9.17) is 5.73 Å². The zero-order chi connectivity index (χ0) is 15.5.